The fourth-order valence-electron chi connectivity index (χ4n) is 4.03. The van der Waals surface area contributed by atoms with Crippen LogP contribution in [0.1, 0.15) is 33.4 Å². The Bertz CT molecular complexity index is 802. The van der Waals surface area contributed by atoms with Crippen LogP contribution in [-0.2, 0) is 0 Å². The average Bonchev–Trinajstić information content (AvgIpc) is 2.97. The van der Waals surface area contributed by atoms with Gasteiger partial charge in [0.2, 0.25) is 0 Å². The van der Waals surface area contributed by atoms with Crippen LogP contribution < -0.4 is 7.16 Å². The molecule has 0 aromatic heterocycles. The first-order valence-corrected chi connectivity index (χ1v) is 12.8. The Morgan fingerprint density at radius 3 is 1.42 bits per heavy atom. The summed E-state index contributed by atoms with van der Waals surface area (Å²) < 4.78 is 4.71. The number of hydrogen-bond donors (Lipinski definition) is 0. The first-order chi connectivity index (χ1) is 11.4. The number of allylic oxidation sites excluding steroid dienone is 3. The summed E-state index contributed by atoms with van der Waals surface area (Å²) in [6.45, 7) is 13.6. The quantitative estimate of drug-likeness (QED) is 0.512. The van der Waals surface area contributed by atoms with Crippen molar-refractivity contribution in [1.29, 1.82) is 0 Å². The summed E-state index contributed by atoms with van der Waals surface area (Å²) in [6.07, 6.45) is 6.52. The molecule has 121 valence electrons. The minimum atomic E-state index is -2.25. The van der Waals surface area contributed by atoms with Gasteiger partial charge in [0.25, 0.3) is 0 Å². The minimum absolute atomic E-state index is 1.36. The molecule has 24 heavy (non-hydrogen) atoms. The molecule has 0 atom stereocenters. The molecule has 0 nitrogen and oxygen atoms in total. The van der Waals surface area contributed by atoms with Crippen LogP contribution in [0.4, 0.5) is 0 Å². The Morgan fingerprint density at radius 1 is 0.667 bits per heavy atom. The number of aryl methyl sites for hydroxylation is 6. The fraction of sp³-hybridized carbons (Fsp3) is 0.261. The Kier molecular flexibility index (Phi) is 4.90. The van der Waals surface area contributed by atoms with E-state index in [1.54, 1.807) is 7.16 Å². The van der Waals surface area contributed by atoms with Gasteiger partial charge < -0.3 is 0 Å². The molecule has 1 aliphatic rings. The zero-order chi connectivity index (χ0) is 17.4. The molecule has 0 saturated carbocycles. The molecular weight excluding hydrogens is 395 g/mol. The third-order valence-corrected chi connectivity index (χ3v) is 14.5. The van der Waals surface area contributed by atoms with E-state index < -0.39 is 19.8 Å². The first-order valence-electron chi connectivity index (χ1n) is 8.55. The van der Waals surface area contributed by atoms with Crippen LogP contribution in [0.15, 0.2) is 51.8 Å². The van der Waals surface area contributed by atoms with Crippen molar-refractivity contribution >= 4 is 26.9 Å². The van der Waals surface area contributed by atoms with Crippen LogP contribution in [0, 0.1) is 41.5 Å². The second kappa shape index (κ2) is 6.78. The number of rotatable bonds is 3. The molecule has 2 aromatic rings. The maximum absolute atomic E-state index is 3.56. The van der Waals surface area contributed by atoms with E-state index >= 15 is 0 Å². The average molecular weight is 420 g/mol. The predicted octanol–water partition coefficient (Wildman–Crippen LogP) is 4.34. The molecule has 2 aromatic carbocycles. The van der Waals surface area contributed by atoms with Gasteiger partial charge in [-0.15, -0.1) is 0 Å². The van der Waals surface area contributed by atoms with Gasteiger partial charge in [-0.05, 0) is 0 Å². The summed E-state index contributed by atoms with van der Waals surface area (Å²) >= 11 is -2.25. The molecule has 0 fully saturated rings. The Hall–Kier alpha value is -1.50. The van der Waals surface area contributed by atoms with E-state index in [1.807, 2.05) is 0 Å². The van der Waals surface area contributed by atoms with E-state index in [2.05, 4.69) is 89.8 Å². The molecule has 0 saturated heterocycles. The van der Waals surface area contributed by atoms with Gasteiger partial charge in [-0.2, -0.15) is 0 Å². The number of hydrogen-bond acceptors (Lipinski definition) is 0. The molecule has 0 spiro atoms. The third-order valence-electron chi connectivity index (χ3n) is 4.72. The SMILES string of the molecule is Cc1cc(C)[c]([Sn]([C]2=C=CC=C2)[c]2c(C)cc(C)cc2C)c(C)c1. The van der Waals surface area contributed by atoms with Crippen molar-refractivity contribution in [2.24, 2.45) is 0 Å². The van der Waals surface area contributed by atoms with Gasteiger partial charge in [-0.3, -0.25) is 0 Å². The normalized spacial score (nSPS) is 13.0. The van der Waals surface area contributed by atoms with Gasteiger partial charge in [0.05, 0.1) is 0 Å². The van der Waals surface area contributed by atoms with E-state index in [1.165, 1.54) is 37.0 Å². The van der Waals surface area contributed by atoms with E-state index in [0.29, 0.717) is 0 Å². The van der Waals surface area contributed by atoms with E-state index in [9.17, 15) is 0 Å². The van der Waals surface area contributed by atoms with Crippen LogP contribution >= 0.6 is 0 Å². The van der Waals surface area contributed by atoms with Gasteiger partial charge >= 0.3 is 154 Å². The van der Waals surface area contributed by atoms with Crippen molar-refractivity contribution in [2.45, 2.75) is 41.5 Å². The van der Waals surface area contributed by atoms with Crippen molar-refractivity contribution < 1.29 is 0 Å². The summed E-state index contributed by atoms with van der Waals surface area (Å²) in [5.41, 5.74) is 12.1. The summed E-state index contributed by atoms with van der Waals surface area (Å²) in [5.74, 6) is 0. The van der Waals surface area contributed by atoms with Crippen LogP contribution in [0.5, 0.6) is 0 Å². The second-order valence-corrected chi connectivity index (χ2v) is 13.5. The first kappa shape index (κ1) is 17.3. The molecule has 0 heterocycles. The van der Waals surface area contributed by atoms with Crippen LogP contribution in [0.2, 0.25) is 0 Å². The van der Waals surface area contributed by atoms with E-state index in [0.717, 1.165) is 0 Å². The van der Waals surface area contributed by atoms with Crippen molar-refractivity contribution in [1.82, 2.24) is 0 Å². The Morgan fingerprint density at radius 2 is 1.08 bits per heavy atom. The van der Waals surface area contributed by atoms with E-state index in [-0.39, 0.29) is 0 Å². The maximum atomic E-state index is 3.56. The van der Waals surface area contributed by atoms with Gasteiger partial charge in [-0.1, -0.05) is 0 Å². The Labute approximate surface area is 153 Å². The third kappa shape index (κ3) is 3.18. The molecule has 1 radical (unpaired) electrons. The van der Waals surface area contributed by atoms with Crippen molar-refractivity contribution in [3.05, 3.63) is 85.2 Å². The predicted molar refractivity (Wildman–Crippen MR) is 107 cm³/mol. The Balaban J connectivity index is 2.32. The van der Waals surface area contributed by atoms with Gasteiger partial charge in [0, 0.05) is 0 Å². The van der Waals surface area contributed by atoms with Gasteiger partial charge in [0.1, 0.15) is 0 Å². The van der Waals surface area contributed by atoms with Crippen molar-refractivity contribution in [3.63, 3.8) is 0 Å². The van der Waals surface area contributed by atoms with Crippen LogP contribution in [0.25, 0.3) is 0 Å². The molecule has 3 rings (SSSR count). The van der Waals surface area contributed by atoms with Gasteiger partial charge in [0.15, 0.2) is 0 Å². The standard InChI is InChI=1S/2C9H11.C5H3.Sn/c2*1-7-4-8(2)6-9(3)5-7;1-2-4-5-3-1;/h2*4-5H,1-3H3;1-3H;. The monoisotopic (exact) mass is 421 g/mol. The molecule has 1 aliphatic carbocycles. The zero-order valence-electron chi connectivity index (χ0n) is 15.5. The molecule has 0 amide bonds. The molecule has 0 bridgehead atoms. The number of benzene rings is 2. The van der Waals surface area contributed by atoms with Gasteiger partial charge in [-0.25, -0.2) is 0 Å². The van der Waals surface area contributed by atoms with Crippen LogP contribution in [-0.4, -0.2) is 19.8 Å². The summed E-state index contributed by atoms with van der Waals surface area (Å²) in [6, 6.07) is 9.41. The van der Waals surface area contributed by atoms with Crippen LogP contribution in [0.3, 0.4) is 0 Å². The fourth-order valence-corrected chi connectivity index (χ4v) is 13.0. The topological polar surface area (TPSA) is 0 Å². The molecular formula is C23H25Sn. The molecule has 0 aliphatic heterocycles. The summed E-state index contributed by atoms with van der Waals surface area (Å²) in [5, 5.41) is 0. The molecule has 1 heteroatoms. The summed E-state index contributed by atoms with van der Waals surface area (Å²) in [4.78, 5) is 0. The zero-order valence-corrected chi connectivity index (χ0v) is 18.4. The molecule has 0 unspecified atom stereocenters. The molecule has 0 N–H and O–H groups in total. The van der Waals surface area contributed by atoms with Crippen molar-refractivity contribution in [2.75, 3.05) is 0 Å². The van der Waals surface area contributed by atoms with Crippen molar-refractivity contribution in [3.8, 4) is 0 Å². The van der Waals surface area contributed by atoms with E-state index in [4.69, 9.17) is 0 Å². The second-order valence-electron chi connectivity index (χ2n) is 7.01. The summed E-state index contributed by atoms with van der Waals surface area (Å²) in [7, 11) is 0.